The van der Waals surface area contributed by atoms with Gasteiger partial charge in [-0.25, -0.2) is 0 Å². The Morgan fingerprint density at radius 3 is 1.94 bits per heavy atom. The molecule has 0 saturated heterocycles. The second kappa shape index (κ2) is 8.29. The summed E-state index contributed by atoms with van der Waals surface area (Å²) in [4.78, 5) is 36.9. The predicted molar refractivity (Wildman–Crippen MR) is 119 cm³/mol. The largest absolute Gasteiger partial charge is 0.347 e. The summed E-state index contributed by atoms with van der Waals surface area (Å²) < 4.78 is 0. The standard InChI is InChI=1S/C25H35N3O3/c1-24(2,3)20-6-4-19(5-7-20)23(31)28-27-22(30)15-26-21(29)14-25-11-16-8-17(12-25)10-18(9-16)13-25/h4-7,16-18H,8-15H2,1-3H3,(H,26,29)(H,27,30)(H,28,31). The van der Waals surface area contributed by atoms with Gasteiger partial charge in [0.1, 0.15) is 0 Å². The van der Waals surface area contributed by atoms with Crippen LogP contribution in [0.2, 0.25) is 0 Å². The minimum absolute atomic E-state index is 0.0115. The molecule has 168 valence electrons. The maximum Gasteiger partial charge on any atom is 0.269 e. The molecule has 6 heteroatoms. The molecule has 5 rings (SSSR count). The lowest BCUT2D eigenvalue weighted by Crippen LogP contribution is -2.49. The maximum atomic E-state index is 12.5. The van der Waals surface area contributed by atoms with Gasteiger partial charge in [0, 0.05) is 12.0 Å². The first kappa shape index (κ1) is 21.8. The molecule has 3 amide bonds. The van der Waals surface area contributed by atoms with Crippen LogP contribution in [0.1, 0.15) is 81.6 Å². The molecule has 0 spiro atoms. The van der Waals surface area contributed by atoms with E-state index in [2.05, 4.69) is 36.9 Å². The van der Waals surface area contributed by atoms with Crippen molar-refractivity contribution in [3.8, 4) is 0 Å². The Morgan fingerprint density at radius 1 is 0.871 bits per heavy atom. The van der Waals surface area contributed by atoms with Crippen LogP contribution in [-0.4, -0.2) is 24.3 Å². The molecule has 0 radical (unpaired) electrons. The molecule has 31 heavy (non-hydrogen) atoms. The van der Waals surface area contributed by atoms with E-state index >= 15 is 0 Å². The molecule has 6 nitrogen and oxygen atoms in total. The number of hydrogen-bond donors (Lipinski definition) is 3. The average Bonchev–Trinajstić information content (AvgIpc) is 2.68. The van der Waals surface area contributed by atoms with Gasteiger partial charge in [-0.05, 0) is 84.8 Å². The van der Waals surface area contributed by atoms with E-state index in [1.54, 1.807) is 12.1 Å². The third kappa shape index (κ3) is 5.10. The number of benzene rings is 1. The number of hydrogen-bond acceptors (Lipinski definition) is 3. The Hall–Kier alpha value is -2.37. The van der Waals surface area contributed by atoms with Crippen molar-refractivity contribution < 1.29 is 14.4 Å². The Labute approximate surface area is 184 Å². The molecular formula is C25H35N3O3. The highest BCUT2D eigenvalue weighted by molar-refractivity contribution is 5.95. The van der Waals surface area contributed by atoms with E-state index in [1.165, 1.54) is 38.5 Å². The molecule has 4 bridgehead atoms. The molecule has 1 aromatic rings. The van der Waals surface area contributed by atoms with Crippen LogP contribution in [0.25, 0.3) is 0 Å². The summed E-state index contributed by atoms with van der Waals surface area (Å²) in [5.41, 5.74) is 6.58. The highest BCUT2D eigenvalue weighted by Crippen LogP contribution is 2.61. The van der Waals surface area contributed by atoms with Crippen molar-refractivity contribution in [2.24, 2.45) is 23.2 Å². The predicted octanol–water partition coefficient (Wildman–Crippen LogP) is 3.47. The van der Waals surface area contributed by atoms with Gasteiger partial charge in [-0.15, -0.1) is 0 Å². The molecule has 4 aliphatic carbocycles. The minimum atomic E-state index is -0.432. The van der Waals surface area contributed by atoms with Gasteiger partial charge in [-0.2, -0.15) is 0 Å². The van der Waals surface area contributed by atoms with Crippen LogP contribution in [0.15, 0.2) is 24.3 Å². The van der Waals surface area contributed by atoms with Crippen molar-refractivity contribution in [3.63, 3.8) is 0 Å². The molecule has 0 atom stereocenters. The summed E-state index contributed by atoms with van der Waals surface area (Å²) in [6.45, 7) is 6.20. The first-order valence-corrected chi connectivity index (χ1v) is 11.6. The number of carbonyl (C=O) groups excluding carboxylic acids is 3. The van der Waals surface area contributed by atoms with Crippen molar-refractivity contribution in [3.05, 3.63) is 35.4 Å². The van der Waals surface area contributed by atoms with Gasteiger partial charge in [-0.1, -0.05) is 32.9 Å². The van der Waals surface area contributed by atoms with Gasteiger partial charge in [0.25, 0.3) is 11.8 Å². The van der Waals surface area contributed by atoms with Crippen LogP contribution < -0.4 is 16.2 Å². The van der Waals surface area contributed by atoms with Crippen molar-refractivity contribution in [1.29, 1.82) is 0 Å². The van der Waals surface area contributed by atoms with Gasteiger partial charge < -0.3 is 5.32 Å². The van der Waals surface area contributed by atoms with Crippen LogP contribution >= 0.6 is 0 Å². The zero-order valence-electron chi connectivity index (χ0n) is 18.9. The maximum absolute atomic E-state index is 12.5. The lowest BCUT2D eigenvalue weighted by Gasteiger charge is -2.56. The topological polar surface area (TPSA) is 87.3 Å². The highest BCUT2D eigenvalue weighted by atomic mass is 16.2. The highest BCUT2D eigenvalue weighted by Gasteiger charge is 2.51. The van der Waals surface area contributed by atoms with Crippen molar-refractivity contribution in [1.82, 2.24) is 16.2 Å². The third-order valence-electron chi connectivity index (χ3n) is 7.48. The smallest absolute Gasteiger partial charge is 0.269 e. The van der Waals surface area contributed by atoms with E-state index in [0.717, 1.165) is 23.3 Å². The van der Waals surface area contributed by atoms with Crippen LogP contribution in [0.4, 0.5) is 0 Å². The Morgan fingerprint density at radius 2 is 1.42 bits per heavy atom. The lowest BCUT2D eigenvalue weighted by atomic mass is 9.49. The molecule has 4 saturated carbocycles. The van der Waals surface area contributed by atoms with E-state index in [4.69, 9.17) is 0 Å². The van der Waals surface area contributed by atoms with E-state index in [1.807, 2.05) is 12.1 Å². The lowest BCUT2D eigenvalue weighted by molar-refractivity contribution is -0.132. The zero-order chi connectivity index (χ0) is 22.2. The monoisotopic (exact) mass is 425 g/mol. The number of carbonyl (C=O) groups is 3. The fourth-order valence-corrected chi connectivity index (χ4v) is 6.45. The normalized spacial score (nSPS) is 28.8. The fourth-order valence-electron chi connectivity index (χ4n) is 6.45. The molecule has 1 aromatic carbocycles. The van der Waals surface area contributed by atoms with Gasteiger partial charge in [0.05, 0.1) is 6.54 Å². The van der Waals surface area contributed by atoms with Gasteiger partial charge >= 0.3 is 0 Å². The fraction of sp³-hybridized carbons (Fsp3) is 0.640. The summed E-state index contributed by atoms with van der Waals surface area (Å²) in [5, 5.41) is 2.74. The summed E-state index contributed by atoms with van der Waals surface area (Å²) in [6.07, 6.45) is 8.08. The molecule has 3 N–H and O–H groups in total. The average molecular weight is 426 g/mol. The van der Waals surface area contributed by atoms with Crippen molar-refractivity contribution in [2.75, 3.05) is 6.54 Å². The molecule has 0 unspecified atom stereocenters. The van der Waals surface area contributed by atoms with Crippen LogP contribution in [-0.2, 0) is 15.0 Å². The quantitative estimate of drug-likeness (QED) is 0.631. The number of hydrazine groups is 1. The SMILES string of the molecule is CC(C)(C)c1ccc(C(=O)NNC(=O)CNC(=O)CC23CC4CC(CC(C4)C2)C3)cc1. The number of amides is 3. The van der Waals surface area contributed by atoms with Gasteiger partial charge in [0.15, 0.2) is 0 Å². The Kier molecular flexibility index (Phi) is 5.84. The molecule has 0 aliphatic heterocycles. The summed E-state index contributed by atoms with van der Waals surface area (Å²) in [5.74, 6) is 1.54. The molecular weight excluding hydrogens is 390 g/mol. The Bertz CT molecular complexity index is 818. The number of nitrogens with one attached hydrogen (secondary N) is 3. The van der Waals surface area contributed by atoms with Crippen LogP contribution in [0.5, 0.6) is 0 Å². The molecule has 4 aliphatic rings. The van der Waals surface area contributed by atoms with E-state index in [-0.39, 0.29) is 29.2 Å². The molecule has 0 aromatic heterocycles. The second-order valence-electron chi connectivity index (χ2n) is 11.2. The molecule has 0 heterocycles. The molecule has 4 fully saturated rings. The minimum Gasteiger partial charge on any atom is -0.347 e. The van der Waals surface area contributed by atoms with E-state index < -0.39 is 5.91 Å². The van der Waals surface area contributed by atoms with Crippen molar-refractivity contribution in [2.45, 2.75) is 71.1 Å². The summed E-state index contributed by atoms with van der Waals surface area (Å²) >= 11 is 0. The van der Waals surface area contributed by atoms with E-state index in [0.29, 0.717) is 12.0 Å². The van der Waals surface area contributed by atoms with E-state index in [9.17, 15) is 14.4 Å². The van der Waals surface area contributed by atoms with Crippen molar-refractivity contribution >= 4 is 17.7 Å². The van der Waals surface area contributed by atoms with Crippen LogP contribution in [0.3, 0.4) is 0 Å². The first-order valence-electron chi connectivity index (χ1n) is 11.6. The summed E-state index contributed by atoms with van der Waals surface area (Å²) in [6, 6.07) is 7.33. The van der Waals surface area contributed by atoms with Crippen LogP contribution in [0, 0.1) is 23.2 Å². The van der Waals surface area contributed by atoms with Gasteiger partial charge in [0.2, 0.25) is 5.91 Å². The second-order valence-corrected chi connectivity index (χ2v) is 11.2. The third-order valence-corrected chi connectivity index (χ3v) is 7.48. The number of rotatable bonds is 5. The summed E-state index contributed by atoms with van der Waals surface area (Å²) in [7, 11) is 0. The zero-order valence-corrected chi connectivity index (χ0v) is 18.9. The first-order chi connectivity index (χ1) is 14.6. The van der Waals surface area contributed by atoms with Gasteiger partial charge in [-0.3, -0.25) is 25.2 Å². The Balaban J connectivity index is 1.20.